The smallest absolute Gasteiger partial charge is 0.308 e. The van der Waals surface area contributed by atoms with Gasteiger partial charge in [-0.1, -0.05) is 0 Å². The van der Waals surface area contributed by atoms with Gasteiger partial charge in [-0.25, -0.2) is 4.39 Å². The van der Waals surface area contributed by atoms with Crippen molar-refractivity contribution < 1.29 is 18.1 Å². The number of nitrogens with two attached hydrogens (primary N) is 1. The Hall–Kier alpha value is -2.42. The van der Waals surface area contributed by atoms with Gasteiger partial charge < -0.3 is 10.2 Å². The molecule has 7 nitrogen and oxygen atoms in total. The van der Waals surface area contributed by atoms with Crippen molar-refractivity contribution in [1.82, 2.24) is 10.2 Å². The molecule has 2 N–H and O–H groups in total. The monoisotopic (exact) mass is 284 g/mol. The van der Waals surface area contributed by atoms with E-state index in [0.29, 0.717) is 25.5 Å². The number of hydrogen-bond donors (Lipinski definition) is 1. The first kappa shape index (κ1) is 14.0. The van der Waals surface area contributed by atoms with Gasteiger partial charge in [0.2, 0.25) is 11.7 Å². The highest BCUT2D eigenvalue weighted by molar-refractivity contribution is 5.59. The van der Waals surface area contributed by atoms with Gasteiger partial charge in [-0.15, -0.1) is 10.2 Å². The van der Waals surface area contributed by atoms with Crippen LogP contribution >= 0.6 is 0 Å². The van der Waals surface area contributed by atoms with Crippen LogP contribution in [0.15, 0.2) is 16.5 Å². The molecule has 1 heterocycles. The van der Waals surface area contributed by atoms with Crippen LogP contribution in [-0.4, -0.2) is 21.7 Å². The molecular formula is C11H10F2N4O3. The fraction of sp³-hybridized carbons (Fsp3) is 0.273. The average Bonchev–Trinajstić information content (AvgIpc) is 2.87. The van der Waals surface area contributed by atoms with E-state index in [4.69, 9.17) is 10.2 Å². The Morgan fingerprint density at radius 1 is 1.35 bits per heavy atom. The van der Waals surface area contributed by atoms with E-state index in [1.807, 2.05) is 0 Å². The number of aromatic nitrogens is 2. The standard InChI is InChI=1S/C11H10F2N4O3/c12-6-4-7(10(13)8(5-6)17(18)19)11-16-15-9(20-11)2-1-3-14/h4-5H,1-3,14H2. The second kappa shape index (κ2) is 5.70. The summed E-state index contributed by atoms with van der Waals surface area (Å²) in [6.45, 7) is 0.414. The Kier molecular flexibility index (Phi) is 3.99. The van der Waals surface area contributed by atoms with Crippen LogP contribution in [0.4, 0.5) is 14.5 Å². The van der Waals surface area contributed by atoms with Crippen LogP contribution in [0.1, 0.15) is 12.3 Å². The zero-order chi connectivity index (χ0) is 14.7. The van der Waals surface area contributed by atoms with Crippen LogP contribution in [-0.2, 0) is 6.42 Å². The lowest BCUT2D eigenvalue weighted by molar-refractivity contribution is -0.387. The number of hydrogen-bond acceptors (Lipinski definition) is 6. The van der Waals surface area contributed by atoms with Crippen LogP contribution in [0.25, 0.3) is 11.5 Å². The molecule has 0 fully saturated rings. The highest BCUT2D eigenvalue weighted by Crippen LogP contribution is 2.29. The lowest BCUT2D eigenvalue weighted by Gasteiger charge is -1.99. The van der Waals surface area contributed by atoms with Gasteiger partial charge in [0.1, 0.15) is 5.82 Å². The predicted molar refractivity (Wildman–Crippen MR) is 63.7 cm³/mol. The molecule has 1 aromatic heterocycles. The van der Waals surface area contributed by atoms with Gasteiger partial charge in [-0.3, -0.25) is 10.1 Å². The zero-order valence-electron chi connectivity index (χ0n) is 10.2. The number of benzene rings is 1. The second-order valence-electron chi connectivity index (χ2n) is 3.94. The summed E-state index contributed by atoms with van der Waals surface area (Å²) in [5.74, 6) is -2.28. The van der Waals surface area contributed by atoms with Gasteiger partial charge in [-0.05, 0) is 19.0 Å². The summed E-state index contributed by atoms with van der Waals surface area (Å²) in [5, 5.41) is 17.8. The molecule has 1 aromatic carbocycles. The molecule has 0 aliphatic heterocycles. The molecule has 9 heteroatoms. The van der Waals surface area contributed by atoms with E-state index >= 15 is 0 Å². The van der Waals surface area contributed by atoms with Crippen molar-refractivity contribution in [3.05, 3.63) is 39.8 Å². The highest BCUT2D eigenvalue weighted by Gasteiger charge is 2.24. The molecule has 0 unspecified atom stereocenters. The summed E-state index contributed by atoms with van der Waals surface area (Å²) in [4.78, 5) is 9.60. The van der Waals surface area contributed by atoms with Crippen LogP contribution in [0.3, 0.4) is 0 Å². The van der Waals surface area contributed by atoms with E-state index in [0.717, 1.165) is 6.07 Å². The average molecular weight is 284 g/mol. The largest absolute Gasteiger partial charge is 0.421 e. The number of nitrogens with zero attached hydrogens (tertiary/aromatic N) is 3. The minimum absolute atomic E-state index is 0.205. The van der Waals surface area contributed by atoms with Crippen molar-refractivity contribution in [3.8, 4) is 11.5 Å². The lowest BCUT2D eigenvalue weighted by Crippen LogP contribution is -2.00. The van der Waals surface area contributed by atoms with Crippen LogP contribution < -0.4 is 5.73 Å². The Morgan fingerprint density at radius 2 is 2.10 bits per heavy atom. The molecule has 0 aliphatic carbocycles. The van der Waals surface area contributed by atoms with Gasteiger partial charge in [-0.2, -0.15) is 4.39 Å². The lowest BCUT2D eigenvalue weighted by atomic mass is 10.2. The van der Waals surface area contributed by atoms with E-state index in [1.165, 1.54) is 0 Å². The minimum Gasteiger partial charge on any atom is -0.421 e. The Morgan fingerprint density at radius 3 is 2.75 bits per heavy atom. The van der Waals surface area contributed by atoms with E-state index in [9.17, 15) is 18.9 Å². The molecule has 0 atom stereocenters. The number of nitro benzene ring substituents is 1. The van der Waals surface area contributed by atoms with Crippen LogP contribution in [0, 0.1) is 21.7 Å². The van der Waals surface area contributed by atoms with E-state index in [1.54, 1.807) is 0 Å². The summed E-state index contributed by atoms with van der Waals surface area (Å²) in [6, 6.07) is 1.26. The normalized spacial score (nSPS) is 10.8. The minimum atomic E-state index is -1.22. The first-order valence-corrected chi connectivity index (χ1v) is 5.69. The van der Waals surface area contributed by atoms with Crippen LogP contribution in [0.2, 0.25) is 0 Å². The third kappa shape index (κ3) is 2.77. The molecule has 2 aromatic rings. The molecule has 0 radical (unpaired) electrons. The predicted octanol–water partition coefficient (Wildman–Crippen LogP) is 1.81. The summed E-state index contributed by atoms with van der Waals surface area (Å²) in [7, 11) is 0. The van der Waals surface area contributed by atoms with Gasteiger partial charge in [0.25, 0.3) is 5.89 Å². The molecule has 0 bridgehead atoms. The van der Waals surface area contributed by atoms with E-state index < -0.39 is 27.8 Å². The number of halogens is 2. The summed E-state index contributed by atoms with van der Waals surface area (Å²) < 4.78 is 32.3. The van der Waals surface area contributed by atoms with Gasteiger partial charge in [0, 0.05) is 6.42 Å². The van der Waals surface area contributed by atoms with E-state index in [2.05, 4.69) is 10.2 Å². The quantitative estimate of drug-likeness (QED) is 0.662. The maximum Gasteiger partial charge on any atom is 0.308 e. The molecule has 106 valence electrons. The van der Waals surface area contributed by atoms with E-state index in [-0.39, 0.29) is 11.8 Å². The van der Waals surface area contributed by atoms with Gasteiger partial charge in [0.05, 0.1) is 16.6 Å². The van der Waals surface area contributed by atoms with Crippen molar-refractivity contribution in [2.24, 2.45) is 5.73 Å². The Balaban J connectivity index is 2.42. The van der Waals surface area contributed by atoms with Gasteiger partial charge in [0.15, 0.2) is 0 Å². The molecule has 0 spiro atoms. The third-order valence-corrected chi connectivity index (χ3v) is 2.51. The Labute approximate surface area is 111 Å². The molecule has 0 saturated heterocycles. The topological polar surface area (TPSA) is 108 Å². The molecule has 2 rings (SSSR count). The molecule has 0 amide bonds. The maximum absolute atomic E-state index is 13.9. The molecule has 0 aliphatic rings. The maximum atomic E-state index is 13.9. The fourth-order valence-corrected chi connectivity index (χ4v) is 1.58. The summed E-state index contributed by atoms with van der Waals surface area (Å²) in [6.07, 6.45) is 0.982. The third-order valence-electron chi connectivity index (χ3n) is 2.51. The molecule has 20 heavy (non-hydrogen) atoms. The first-order valence-electron chi connectivity index (χ1n) is 5.69. The van der Waals surface area contributed by atoms with Gasteiger partial charge >= 0.3 is 5.69 Å². The first-order chi connectivity index (χ1) is 9.52. The number of nitro groups is 1. The van der Waals surface area contributed by atoms with Crippen molar-refractivity contribution >= 4 is 5.69 Å². The second-order valence-corrected chi connectivity index (χ2v) is 3.94. The summed E-state index contributed by atoms with van der Waals surface area (Å²) >= 11 is 0. The highest BCUT2D eigenvalue weighted by atomic mass is 19.1. The zero-order valence-corrected chi connectivity index (χ0v) is 10.2. The SMILES string of the molecule is NCCCc1nnc(-c2cc(F)cc([N+](=O)[O-])c2F)o1. The van der Waals surface area contributed by atoms with Crippen LogP contribution in [0.5, 0.6) is 0 Å². The fourth-order valence-electron chi connectivity index (χ4n) is 1.58. The molecule has 0 saturated carbocycles. The number of aryl methyl sites for hydroxylation is 1. The van der Waals surface area contributed by atoms with Crippen molar-refractivity contribution in [1.29, 1.82) is 0 Å². The van der Waals surface area contributed by atoms with Crippen molar-refractivity contribution in [2.45, 2.75) is 12.8 Å². The Bertz CT molecular complexity index is 645. The van der Waals surface area contributed by atoms with Crippen molar-refractivity contribution in [3.63, 3.8) is 0 Å². The number of rotatable bonds is 5. The molecular weight excluding hydrogens is 274 g/mol. The van der Waals surface area contributed by atoms with Crippen molar-refractivity contribution in [2.75, 3.05) is 6.54 Å². The summed E-state index contributed by atoms with van der Waals surface area (Å²) in [5.41, 5.74) is 3.89.